The molecule has 20 heavy (non-hydrogen) atoms. The zero-order chi connectivity index (χ0) is 13.9. The molecule has 0 aliphatic carbocycles. The number of hydrazine groups is 1. The van der Waals surface area contributed by atoms with E-state index < -0.39 is 0 Å². The van der Waals surface area contributed by atoms with E-state index in [1.54, 1.807) is 11.3 Å². The number of nitrogens with one attached hydrogen (secondary N) is 1. The first-order valence-electron chi connectivity index (χ1n) is 6.75. The summed E-state index contributed by atoms with van der Waals surface area (Å²) in [7, 11) is 0. The zero-order valence-electron chi connectivity index (χ0n) is 11.5. The van der Waals surface area contributed by atoms with Crippen LogP contribution in [-0.2, 0) is 6.42 Å². The molecule has 1 unspecified atom stereocenters. The highest BCUT2D eigenvalue weighted by molar-refractivity contribution is 7.10. The van der Waals surface area contributed by atoms with Gasteiger partial charge in [0.25, 0.3) is 0 Å². The minimum Gasteiger partial charge on any atom is -0.271 e. The highest BCUT2D eigenvalue weighted by Crippen LogP contribution is 2.24. The summed E-state index contributed by atoms with van der Waals surface area (Å²) in [5.41, 5.74) is 5.50. The zero-order valence-corrected chi connectivity index (χ0v) is 12.3. The molecule has 102 valence electrons. The van der Waals surface area contributed by atoms with Crippen molar-refractivity contribution in [3.63, 3.8) is 0 Å². The molecule has 3 rings (SSSR count). The summed E-state index contributed by atoms with van der Waals surface area (Å²) < 4.78 is 0. The van der Waals surface area contributed by atoms with Crippen molar-refractivity contribution in [2.45, 2.75) is 19.4 Å². The summed E-state index contributed by atoms with van der Waals surface area (Å²) in [6, 6.07) is 17.4. The van der Waals surface area contributed by atoms with E-state index in [9.17, 15) is 0 Å². The fourth-order valence-electron chi connectivity index (χ4n) is 2.52. The third-order valence-electron chi connectivity index (χ3n) is 3.61. The van der Waals surface area contributed by atoms with E-state index in [1.807, 2.05) is 0 Å². The first kappa shape index (κ1) is 13.3. The van der Waals surface area contributed by atoms with E-state index in [2.05, 4.69) is 66.3 Å². The van der Waals surface area contributed by atoms with Gasteiger partial charge in [0.15, 0.2) is 0 Å². The number of fused-ring (bicyclic) bond motifs is 1. The molecule has 2 aromatic carbocycles. The molecule has 0 amide bonds. The number of hydrogen-bond donors (Lipinski definition) is 2. The first-order valence-corrected chi connectivity index (χ1v) is 7.63. The molecule has 3 aromatic rings. The number of benzene rings is 2. The van der Waals surface area contributed by atoms with Crippen LogP contribution in [0.15, 0.2) is 53.9 Å². The summed E-state index contributed by atoms with van der Waals surface area (Å²) in [6.07, 6.45) is 0.900. The quantitative estimate of drug-likeness (QED) is 0.561. The Kier molecular flexibility index (Phi) is 3.83. The van der Waals surface area contributed by atoms with E-state index in [0.29, 0.717) is 0 Å². The average molecular weight is 282 g/mol. The van der Waals surface area contributed by atoms with Crippen LogP contribution in [0.1, 0.15) is 22.0 Å². The first-order chi connectivity index (χ1) is 9.76. The Hall–Kier alpha value is -1.68. The van der Waals surface area contributed by atoms with Gasteiger partial charge in [-0.1, -0.05) is 42.5 Å². The van der Waals surface area contributed by atoms with Crippen LogP contribution in [0.2, 0.25) is 0 Å². The van der Waals surface area contributed by atoms with Crippen LogP contribution in [0.5, 0.6) is 0 Å². The summed E-state index contributed by atoms with van der Waals surface area (Å²) in [5, 5.41) is 4.74. The molecule has 1 atom stereocenters. The minimum atomic E-state index is 0.168. The van der Waals surface area contributed by atoms with Gasteiger partial charge in [0, 0.05) is 4.88 Å². The SMILES string of the molecule is Cc1cc(C(Cc2ccc3ccccc3c2)NN)cs1. The van der Waals surface area contributed by atoms with Crippen LogP contribution >= 0.6 is 11.3 Å². The monoisotopic (exact) mass is 282 g/mol. The topological polar surface area (TPSA) is 38.0 Å². The van der Waals surface area contributed by atoms with Crippen molar-refractivity contribution in [3.05, 3.63) is 69.9 Å². The standard InChI is InChI=1S/C17H18N2S/c1-12-8-16(11-20-12)17(19-18)10-13-6-7-14-4-2-3-5-15(14)9-13/h2-9,11,17,19H,10,18H2,1H3. The van der Waals surface area contributed by atoms with Crippen LogP contribution < -0.4 is 11.3 Å². The molecule has 0 spiro atoms. The van der Waals surface area contributed by atoms with Crippen molar-refractivity contribution in [3.8, 4) is 0 Å². The fraction of sp³-hybridized carbons (Fsp3) is 0.176. The van der Waals surface area contributed by atoms with Gasteiger partial charge in [-0.15, -0.1) is 11.3 Å². The normalized spacial score (nSPS) is 12.7. The van der Waals surface area contributed by atoms with E-state index >= 15 is 0 Å². The number of thiophene rings is 1. The third-order valence-corrected chi connectivity index (χ3v) is 4.49. The van der Waals surface area contributed by atoms with E-state index in [-0.39, 0.29) is 6.04 Å². The summed E-state index contributed by atoms with van der Waals surface area (Å²) in [5.74, 6) is 5.73. The number of aryl methyl sites for hydroxylation is 1. The van der Waals surface area contributed by atoms with Crippen LogP contribution in [0.25, 0.3) is 10.8 Å². The Morgan fingerprint density at radius 1 is 1.10 bits per heavy atom. The van der Waals surface area contributed by atoms with Gasteiger partial charge < -0.3 is 0 Å². The van der Waals surface area contributed by atoms with Gasteiger partial charge in [0.1, 0.15) is 0 Å². The van der Waals surface area contributed by atoms with Gasteiger partial charge in [-0.3, -0.25) is 11.3 Å². The third kappa shape index (κ3) is 2.75. The van der Waals surface area contributed by atoms with Gasteiger partial charge in [-0.05, 0) is 46.7 Å². The lowest BCUT2D eigenvalue weighted by Crippen LogP contribution is -2.29. The van der Waals surface area contributed by atoms with Crippen LogP contribution in [-0.4, -0.2) is 0 Å². The van der Waals surface area contributed by atoms with Crippen LogP contribution in [0, 0.1) is 6.92 Å². The molecule has 2 nitrogen and oxygen atoms in total. The molecular weight excluding hydrogens is 264 g/mol. The molecule has 1 aromatic heterocycles. The maximum atomic E-state index is 5.73. The van der Waals surface area contributed by atoms with Gasteiger partial charge in [0.05, 0.1) is 6.04 Å². The molecule has 0 aliphatic rings. The lowest BCUT2D eigenvalue weighted by Gasteiger charge is -2.15. The molecule has 1 heterocycles. The van der Waals surface area contributed by atoms with Crippen LogP contribution in [0.4, 0.5) is 0 Å². The Labute approximate surface area is 123 Å². The van der Waals surface area contributed by atoms with Gasteiger partial charge in [-0.2, -0.15) is 0 Å². The Morgan fingerprint density at radius 2 is 1.90 bits per heavy atom. The molecule has 3 N–H and O–H groups in total. The van der Waals surface area contributed by atoms with Crippen molar-refractivity contribution < 1.29 is 0 Å². The van der Waals surface area contributed by atoms with Crippen molar-refractivity contribution in [2.24, 2.45) is 5.84 Å². The van der Waals surface area contributed by atoms with Crippen LogP contribution in [0.3, 0.4) is 0 Å². The molecule has 0 fully saturated rings. The van der Waals surface area contributed by atoms with Gasteiger partial charge >= 0.3 is 0 Å². The molecule has 0 bridgehead atoms. The number of nitrogens with two attached hydrogens (primary N) is 1. The van der Waals surface area contributed by atoms with Crippen molar-refractivity contribution in [1.82, 2.24) is 5.43 Å². The largest absolute Gasteiger partial charge is 0.271 e. The van der Waals surface area contributed by atoms with Gasteiger partial charge in [-0.25, -0.2) is 0 Å². The van der Waals surface area contributed by atoms with Gasteiger partial charge in [0.2, 0.25) is 0 Å². The number of hydrogen-bond acceptors (Lipinski definition) is 3. The molecular formula is C17H18N2S. The summed E-state index contributed by atoms with van der Waals surface area (Å²) >= 11 is 1.77. The average Bonchev–Trinajstić information content (AvgIpc) is 2.91. The molecule has 0 saturated heterocycles. The number of rotatable bonds is 4. The van der Waals surface area contributed by atoms with E-state index in [4.69, 9.17) is 5.84 Å². The maximum absolute atomic E-state index is 5.73. The Bertz CT molecular complexity index is 718. The maximum Gasteiger partial charge on any atom is 0.0508 e. The summed E-state index contributed by atoms with van der Waals surface area (Å²) in [4.78, 5) is 1.32. The van der Waals surface area contributed by atoms with Crippen molar-refractivity contribution in [2.75, 3.05) is 0 Å². The smallest absolute Gasteiger partial charge is 0.0508 e. The second-order valence-electron chi connectivity index (χ2n) is 5.10. The lowest BCUT2D eigenvalue weighted by atomic mass is 9.99. The second-order valence-corrected chi connectivity index (χ2v) is 6.21. The van der Waals surface area contributed by atoms with Crippen molar-refractivity contribution in [1.29, 1.82) is 0 Å². The lowest BCUT2D eigenvalue weighted by molar-refractivity contribution is 0.553. The highest BCUT2D eigenvalue weighted by Gasteiger charge is 2.12. The second kappa shape index (κ2) is 5.75. The molecule has 0 saturated carbocycles. The molecule has 0 aliphatic heterocycles. The Morgan fingerprint density at radius 3 is 2.60 bits per heavy atom. The highest BCUT2D eigenvalue weighted by atomic mass is 32.1. The summed E-state index contributed by atoms with van der Waals surface area (Å²) in [6.45, 7) is 2.12. The molecule has 3 heteroatoms. The van der Waals surface area contributed by atoms with Crippen molar-refractivity contribution >= 4 is 22.1 Å². The Balaban J connectivity index is 1.87. The minimum absolute atomic E-state index is 0.168. The fourth-order valence-corrected chi connectivity index (χ4v) is 3.28. The molecule has 0 radical (unpaired) electrons. The van der Waals surface area contributed by atoms with E-state index in [1.165, 1.54) is 26.8 Å². The predicted octanol–water partition coefficient (Wildman–Crippen LogP) is 3.96. The van der Waals surface area contributed by atoms with E-state index in [0.717, 1.165) is 6.42 Å². The predicted molar refractivity (Wildman–Crippen MR) is 86.8 cm³/mol.